The van der Waals surface area contributed by atoms with E-state index in [9.17, 15) is 4.79 Å². The Bertz CT molecular complexity index is 1100. The van der Waals surface area contributed by atoms with E-state index in [-0.39, 0.29) is 17.7 Å². The van der Waals surface area contributed by atoms with Gasteiger partial charge >= 0.3 is 0 Å². The van der Waals surface area contributed by atoms with Crippen molar-refractivity contribution in [2.75, 3.05) is 32.9 Å². The van der Waals surface area contributed by atoms with E-state index in [4.69, 9.17) is 9.47 Å². The minimum atomic E-state index is -0.348. The quantitative estimate of drug-likeness (QED) is 0.643. The van der Waals surface area contributed by atoms with Crippen molar-refractivity contribution in [3.8, 4) is 0 Å². The summed E-state index contributed by atoms with van der Waals surface area (Å²) in [5.74, 6) is 0.675. The lowest BCUT2D eigenvalue weighted by Gasteiger charge is -2.33. The molecule has 2 saturated heterocycles. The normalized spacial score (nSPS) is 21.0. The van der Waals surface area contributed by atoms with Gasteiger partial charge in [-0.25, -0.2) is 4.68 Å². The highest BCUT2D eigenvalue weighted by molar-refractivity contribution is 5.80. The first-order chi connectivity index (χ1) is 15.2. The van der Waals surface area contributed by atoms with E-state index >= 15 is 0 Å². The molecule has 0 spiro atoms. The second kappa shape index (κ2) is 8.86. The van der Waals surface area contributed by atoms with Crippen LogP contribution in [0.5, 0.6) is 0 Å². The maximum atomic E-state index is 13.2. The second-order valence-corrected chi connectivity index (χ2v) is 8.23. The van der Waals surface area contributed by atoms with Crippen LogP contribution in [-0.2, 0) is 22.4 Å². The Kier molecular flexibility index (Phi) is 5.80. The number of tetrazole rings is 1. The predicted octanol–water partition coefficient (Wildman–Crippen LogP) is 1.68. The zero-order valence-corrected chi connectivity index (χ0v) is 17.8. The first-order valence-electron chi connectivity index (χ1n) is 11.1. The fourth-order valence-electron chi connectivity index (χ4n) is 4.55. The molecule has 9 heteroatoms. The fourth-order valence-corrected chi connectivity index (χ4v) is 4.55. The predicted molar refractivity (Wildman–Crippen MR) is 115 cm³/mol. The lowest BCUT2D eigenvalue weighted by atomic mass is 10.0. The summed E-state index contributed by atoms with van der Waals surface area (Å²) in [6.07, 6.45) is 3.10. The number of aromatic amines is 1. The minimum absolute atomic E-state index is 0.106. The molecule has 3 aromatic rings. The number of aryl methyl sites for hydroxylation is 1. The Morgan fingerprint density at radius 2 is 2.10 bits per heavy atom. The monoisotopic (exact) mass is 424 g/mol. The molecular weight excluding hydrogens is 396 g/mol. The first kappa shape index (κ1) is 20.3. The second-order valence-electron chi connectivity index (χ2n) is 8.23. The van der Waals surface area contributed by atoms with E-state index in [1.54, 1.807) is 0 Å². The minimum Gasteiger partial charge on any atom is -0.379 e. The summed E-state index contributed by atoms with van der Waals surface area (Å²) in [5, 5.41) is 13.6. The number of H-pyrrole nitrogens is 1. The Hall–Kier alpha value is -2.62. The van der Waals surface area contributed by atoms with Gasteiger partial charge in [0.1, 0.15) is 6.04 Å². The number of hydrogen-bond donors (Lipinski definition) is 1. The first-order valence-corrected chi connectivity index (χ1v) is 11.1. The molecule has 0 saturated carbocycles. The van der Waals surface area contributed by atoms with Gasteiger partial charge in [-0.3, -0.25) is 9.69 Å². The van der Waals surface area contributed by atoms with Crippen LogP contribution in [0.3, 0.4) is 0 Å². The highest BCUT2D eigenvalue weighted by Gasteiger charge is 2.32. The van der Waals surface area contributed by atoms with Crippen molar-refractivity contribution in [1.82, 2.24) is 30.1 Å². The van der Waals surface area contributed by atoms with Crippen molar-refractivity contribution in [3.63, 3.8) is 0 Å². The smallest absolute Gasteiger partial charge is 0.253 e. The summed E-state index contributed by atoms with van der Waals surface area (Å²) in [4.78, 5) is 18.5. The van der Waals surface area contributed by atoms with Crippen molar-refractivity contribution in [1.29, 1.82) is 0 Å². The van der Waals surface area contributed by atoms with Crippen LogP contribution in [0.15, 0.2) is 29.1 Å². The van der Waals surface area contributed by atoms with Crippen LogP contribution in [0.4, 0.5) is 0 Å². The molecule has 31 heavy (non-hydrogen) atoms. The third-order valence-electron chi connectivity index (χ3n) is 6.26. The third kappa shape index (κ3) is 4.13. The number of ether oxygens (including phenoxy) is 2. The number of nitrogens with one attached hydrogen (secondary N) is 1. The van der Waals surface area contributed by atoms with Gasteiger partial charge in [0.25, 0.3) is 5.56 Å². The molecule has 1 N–H and O–H groups in total. The number of rotatable bonds is 6. The Morgan fingerprint density at radius 1 is 1.23 bits per heavy atom. The topological polar surface area (TPSA) is 98.2 Å². The van der Waals surface area contributed by atoms with Gasteiger partial charge in [-0.05, 0) is 58.8 Å². The molecule has 2 aliphatic heterocycles. The van der Waals surface area contributed by atoms with Crippen molar-refractivity contribution in [2.45, 2.75) is 44.9 Å². The highest BCUT2D eigenvalue weighted by atomic mass is 16.5. The van der Waals surface area contributed by atoms with E-state index < -0.39 is 0 Å². The maximum absolute atomic E-state index is 13.2. The average Bonchev–Trinajstić information content (AvgIpc) is 3.48. The highest BCUT2D eigenvalue weighted by Crippen LogP contribution is 2.28. The van der Waals surface area contributed by atoms with E-state index in [2.05, 4.69) is 44.5 Å². The van der Waals surface area contributed by atoms with Crippen LogP contribution in [-0.4, -0.2) is 69.1 Å². The average molecular weight is 425 g/mol. The molecule has 2 fully saturated rings. The van der Waals surface area contributed by atoms with Gasteiger partial charge < -0.3 is 14.5 Å². The molecule has 2 atom stereocenters. The van der Waals surface area contributed by atoms with E-state index in [0.717, 1.165) is 36.8 Å². The summed E-state index contributed by atoms with van der Waals surface area (Å²) in [6, 6.07) is 7.82. The summed E-state index contributed by atoms with van der Waals surface area (Å²) in [7, 11) is 0. The molecule has 0 amide bonds. The van der Waals surface area contributed by atoms with Gasteiger partial charge in [-0.1, -0.05) is 13.0 Å². The summed E-state index contributed by atoms with van der Waals surface area (Å²) in [6.45, 7) is 6.16. The summed E-state index contributed by atoms with van der Waals surface area (Å²) >= 11 is 0. The van der Waals surface area contributed by atoms with Crippen LogP contribution in [0.2, 0.25) is 0 Å². The fraction of sp³-hybridized carbons (Fsp3) is 0.545. The number of hydrogen-bond acceptors (Lipinski definition) is 7. The Balaban J connectivity index is 1.59. The zero-order valence-electron chi connectivity index (χ0n) is 17.8. The van der Waals surface area contributed by atoms with Gasteiger partial charge in [0.15, 0.2) is 5.82 Å². The number of pyridine rings is 1. The Labute approximate surface area is 180 Å². The van der Waals surface area contributed by atoms with Gasteiger partial charge in [0.2, 0.25) is 0 Å². The molecule has 9 nitrogen and oxygen atoms in total. The van der Waals surface area contributed by atoms with Gasteiger partial charge in [0.05, 0.1) is 25.9 Å². The largest absolute Gasteiger partial charge is 0.379 e. The van der Waals surface area contributed by atoms with Crippen molar-refractivity contribution in [2.24, 2.45) is 0 Å². The van der Waals surface area contributed by atoms with Crippen molar-refractivity contribution < 1.29 is 9.47 Å². The van der Waals surface area contributed by atoms with Crippen LogP contribution in [0.1, 0.15) is 42.8 Å². The van der Waals surface area contributed by atoms with E-state index in [0.29, 0.717) is 44.2 Å². The number of fused-ring (bicyclic) bond motifs is 1. The lowest BCUT2D eigenvalue weighted by Crippen LogP contribution is -2.42. The van der Waals surface area contributed by atoms with Crippen LogP contribution < -0.4 is 5.56 Å². The molecule has 5 rings (SSSR count). The molecule has 2 aliphatic rings. The van der Waals surface area contributed by atoms with Crippen LogP contribution >= 0.6 is 0 Å². The molecule has 0 radical (unpaired) electrons. The van der Waals surface area contributed by atoms with Crippen molar-refractivity contribution in [3.05, 3.63) is 51.6 Å². The molecule has 0 aliphatic carbocycles. The SMILES string of the molecule is CCc1ccc2[nH]c(=O)c([C@@H](c3nnnn3C[C@H]3CCCO3)N3CCOCC3)cc2c1. The van der Waals surface area contributed by atoms with E-state index in [1.165, 1.54) is 5.56 Å². The molecule has 164 valence electrons. The zero-order chi connectivity index (χ0) is 21.2. The van der Waals surface area contributed by atoms with Crippen LogP contribution in [0, 0.1) is 0 Å². The summed E-state index contributed by atoms with van der Waals surface area (Å²) < 4.78 is 13.2. The molecule has 1 aromatic carbocycles. The van der Waals surface area contributed by atoms with E-state index in [1.807, 2.05) is 16.8 Å². The molecule has 4 heterocycles. The van der Waals surface area contributed by atoms with Gasteiger partial charge in [-0.15, -0.1) is 5.10 Å². The molecule has 0 bridgehead atoms. The maximum Gasteiger partial charge on any atom is 0.253 e. The van der Waals surface area contributed by atoms with Crippen molar-refractivity contribution >= 4 is 10.9 Å². The third-order valence-corrected chi connectivity index (χ3v) is 6.26. The molecule has 2 aromatic heterocycles. The number of benzene rings is 1. The number of morpholine rings is 1. The molecule has 0 unspecified atom stereocenters. The molecular formula is C22H28N6O3. The standard InChI is InChI=1S/C22H28N6O3/c1-2-15-5-6-19-16(12-15)13-18(22(29)23-19)20(27-7-10-30-11-8-27)21-24-25-26-28(21)14-17-4-3-9-31-17/h5-6,12-13,17,20H,2-4,7-11,14H2,1H3,(H,23,29)/t17-,20+/m1/s1. The van der Waals surface area contributed by atoms with Gasteiger partial charge in [-0.2, -0.15) is 0 Å². The Morgan fingerprint density at radius 3 is 2.87 bits per heavy atom. The number of nitrogens with zero attached hydrogens (tertiary/aromatic N) is 5. The van der Waals surface area contributed by atoms with Gasteiger partial charge in [0, 0.05) is 30.8 Å². The number of aromatic nitrogens is 5. The lowest BCUT2D eigenvalue weighted by molar-refractivity contribution is 0.0205. The summed E-state index contributed by atoms with van der Waals surface area (Å²) in [5.41, 5.74) is 2.62. The van der Waals surface area contributed by atoms with Crippen LogP contribution in [0.25, 0.3) is 10.9 Å².